The molecule has 154 valence electrons. The van der Waals surface area contributed by atoms with Crippen LogP contribution in [-0.4, -0.2) is 52.6 Å². The summed E-state index contributed by atoms with van der Waals surface area (Å²) in [6.45, 7) is 0.921. The summed E-state index contributed by atoms with van der Waals surface area (Å²) in [7, 11) is -3.17. The van der Waals surface area contributed by atoms with Gasteiger partial charge in [0, 0.05) is 36.8 Å². The molecule has 2 aromatic heterocycles. The summed E-state index contributed by atoms with van der Waals surface area (Å²) in [6.07, 6.45) is 8.12. The Labute approximate surface area is 169 Å². The number of pyridine rings is 1. The first-order chi connectivity index (χ1) is 13.9. The summed E-state index contributed by atoms with van der Waals surface area (Å²) in [4.78, 5) is 21.8. The van der Waals surface area contributed by atoms with E-state index in [4.69, 9.17) is 0 Å². The van der Waals surface area contributed by atoms with Crippen LogP contribution in [0.4, 0.5) is 5.95 Å². The third-order valence-corrected chi connectivity index (χ3v) is 7.14. The molecule has 29 heavy (non-hydrogen) atoms. The predicted molar refractivity (Wildman–Crippen MR) is 109 cm³/mol. The Balaban J connectivity index is 1.63. The fraction of sp³-hybridized carbons (Fsp3) is 0.579. The Morgan fingerprint density at radius 3 is 2.52 bits per heavy atom. The maximum absolute atomic E-state index is 12.8. The van der Waals surface area contributed by atoms with Gasteiger partial charge in [-0.15, -0.1) is 0 Å². The van der Waals surface area contributed by atoms with Gasteiger partial charge < -0.3 is 5.32 Å². The van der Waals surface area contributed by atoms with Crippen molar-refractivity contribution < 1.29 is 8.42 Å². The van der Waals surface area contributed by atoms with Crippen molar-refractivity contribution in [3.05, 3.63) is 28.2 Å². The molecule has 2 fully saturated rings. The summed E-state index contributed by atoms with van der Waals surface area (Å²) in [5, 5.41) is 13.3. The topological polar surface area (TPSA) is 121 Å². The van der Waals surface area contributed by atoms with Gasteiger partial charge in [0.05, 0.1) is 6.26 Å². The highest BCUT2D eigenvalue weighted by molar-refractivity contribution is 7.88. The SMILES string of the molecule is CS(=O)(=O)N1CCC(Nc2ncc3cc(C#N)c(=O)n(C4CCCC4)c3n2)CC1. The monoisotopic (exact) mass is 416 g/mol. The number of aromatic nitrogens is 3. The van der Waals surface area contributed by atoms with Gasteiger partial charge in [0.1, 0.15) is 17.3 Å². The summed E-state index contributed by atoms with van der Waals surface area (Å²) < 4.78 is 26.5. The quantitative estimate of drug-likeness (QED) is 0.804. The highest BCUT2D eigenvalue weighted by Crippen LogP contribution is 2.30. The van der Waals surface area contributed by atoms with Gasteiger partial charge >= 0.3 is 0 Å². The molecule has 0 atom stereocenters. The molecule has 0 bridgehead atoms. The van der Waals surface area contributed by atoms with Crippen LogP contribution < -0.4 is 10.9 Å². The van der Waals surface area contributed by atoms with Crippen LogP contribution in [0.5, 0.6) is 0 Å². The Hall–Kier alpha value is -2.51. The van der Waals surface area contributed by atoms with E-state index in [9.17, 15) is 18.5 Å². The highest BCUT2D eigenvalue weighted by Gasteiger charge is 2.26. The van der Waals surface area contributed by atoms with Crippen LogP contribution in [-0.2, 0) is 10.0 Å². The minimum Gasteiger partial charge on any atom is -0.351 e. The number of rotatable bonds is 4. The van der Waals surface area contributed by atoms with Gasteiger partial charge in [-0.05, 0) is 31.7 Å². The Bertz CT molecular complexity index is 1120. The molecule has 0 amide bonds. The Morgan fingerprint density at radius 2 is 1.90 bits per heavy atom. The van der Waals surface area contributed by atoms with E-state index in [0.29, 0.717) is 42.9 Å². The molecular formula is C19H24N6O3S. The van der Waals surface area contributed by atoms with E-state index in [1.54, 1.807) is 16.8 Å². The second kappa shape index (κ2) is 7.72. The van der Waals surface area contributed by atoms with E-state index >= 15 is 0 Å². The van der Waals surface area contributed by atoms with Crippen LogP contribution in [0, 0.1) is 11.3 Å². The molecule has 1 saturated carbocycles. The number of fused-ring (bicyclic) bond motifs is 1. The van der Waals surface area contributed by atoms with Gasteiger partial charge in [-0.3, -0.25) is 9.36 Å². The van der Waals surface area contributed by atoms with Gasteiger partial charge in [-0.25, -0.2) is 17.7 Å². The minimum absolute atomic E-state index is 0.0547. The number of hydrogen-bond acceptors (Lipinski definition) is 7. The first kappa shape index (κ1) is 19.8. The number of anilines is 1. The molecule has 1 aliphatic heterocycles. The molecule has 1 N–H and O–H groups in total. The molecule has 10 heteroatoms. The third kappa shape index (κ3) is 3.97. The zero-order valence-corrected chi connectivity index (χ0v) is 17.2. The fourth-order valence-corrected chi connectivity index (χ4v) is 5.16. The summed E-state index contributed by atoms with van der Waals surface area (Å²) in [5.41, 5.74) is 0.367. The van der Waals surface area contributed by atoms with Crippen LogP contribution in [0.3, 0.4) is 0 Å². The van der Waals surface area contributed by atoms with Crippen molar-refractivity contribution in [1.29, 1.82) is 5.26 Å². The first-order valence-corrected chi connectivity index (χ1v) is 11.8. The van der Waals surface area contributed by atoms with Gasteiger partial charge in [0.2, 0.25) is 16.0 Å². The summed E-state index contributed by atoms with van der Waals surface area (Å²) in [5.74, 6) is 0.422. The maximum Gasteiger partial charge on any atom is 0.270 e. The molecule has 0 aromatic carbocycles. The molecule has 0 unspecified atom stereocenters. The Morgan fingerprint density at radius 1 is 1.21 bits per heavy atom. The van der Waals surface area contributed by atoms with Gasteiger partial charge in [-0.1, -0.05) is 12.8 Å². The molecule has 0 radical (unpaired) electrons. The second-order valence-corrected chi connectivity index (χ2v) is 9.82. The van der Waals surface area contributed by atoms with Gasteiger partial charge in [0.25, 0.3) is 5.56 Å². The second-order valence-electron chi connectivity index (χ2n) is 7.84. The lowest BCUT2D eigenvalue weighted by Gasteiger charge is -2.30. The predicted octanol–water partition coefficient (Wildman–Crippen LogP) is 1.61. The van der Waals surface area contributed by atoms with Gasteiger partial charge in [-0.2, -0.15) is 10.2 Å². The van der Waals surface area contributed by atoms with Crippen LogP contribution in [0.15, 0.2) is 17.1 Å². The van der Waals surface area contributed by atoms with E-state index in [0.717, 1.165) is 25.7 Å². The number of sulfonamides is 1. The maximum atomic E-state index is 12.8. The number of hydrogen-bond donors (Lipinski definition) is 1. The number of nitrogens with zero attached hydrogens (tertiary/aromatic N) is 5. The van der Waals surface area contributed by atoms with Crippen LogP contribution in [0.1, 0.15) is 50.1 Å². The van der Waals surface area contributed by atoms with E-state index < -0.39 is 10.0 Å². The van der Waals surface area contributed by atoms with Crippen molar-refractivity contribution in [3.63, 3.8) is 0 Å². The molecular weight excluding hydrogens is 392 g/mol. The number of nitriles is 1. The normalized spacial score (nSPS) is 19.4. The molecule has 1 saturated heterocycles. The summed E-state index contributed by atoms with van der Waals surface area (Å²) >= 11 is 0. The number of piperidine rings is 1. The average Bonchev–Trinajstić information content (AvgIpc) is 3.21. The highest BCUT2D eigenvalue weighted by atomic mass is 32.2. The van der Waals surface area contributed by atoms with Crippen LogP contribution >= 0.6 is 0 Å². The zero-order valence-electron chi connectivity index (χ0n) is 16.3. The molecule has 2 aromatic rings. The van der Waals surface area contributed by atoms with E-state index in [2.05, 4.69) is 15.3 Å². The summed E-state index contributed by atoms with van der Waals surface area (Å²) in [6, 6.07) is 3.66. The number of nitrogens with one attached hydrogen (secondary N) is 1. The lowest BCUT2D eigenvalue weighted by molar-refractivity contribution is 0.331. The Kier molecular flexibility index (Phi) is 5.27. The molecule has 4 rings (SSSR count). The molecule has 0 spiro atoms. The van der Waals surface area contributed by atoms with Crippen molar-refractivity contribution >= 4 is 27.0 Å². The smallest absolute Gasteiger partial charge is 0.270 e. The molecule has 1 aliphatic carbocycles. The zero-order chi connectivity index (χ0) is 20.6. The van der Waals surface area contributed by atoms with Crippen molar-refractivity contribution in [3.8, 4) is 6.07 Å². The van der Waals surface area contributed by atoms with Gasteiger partial charge in [0.15, 0.2) is 0 Å². The van der Waals surface area contributed by atoms with Crippen molar-refractivity contribution in [2.75, 3.05) is 24.7 Å². The standard InChI is InChI=1S/C19H24N6O3S/c1-29(27,28)24-8-6-15(7-9-24)22-19-21-12-14-10-13(11-20)18(26)25(17(14)23-19)16-4-2-3-5-16/h10,12,15-16H,2-9H2,1H3,(H,21,22,23). The lowest BCUT2D eigenvalue weighted by Crippen LogP contribution is -2.42. The first-order valence-electron chi connectivity index (χ1n) is 9.91. The molecule has 2 aliphatic rings. The molecule has 9 nitrogen and oxygen atoms in total. The van der Waals surface area contributed by atoms with Crippen molar-refractivity contribution in [2.45, 2.75) is 50.6 Å². The molecule has 3 heterocycles. The van der Waals surface area contributed by atoms with Crippen molar-refractivity contribution in [2.24, 2.45) is 0 Å². The van der Waals surface area contributed by atoms with E-state index in [-0.39, 0.29) is 23.2 Å². The van der Waals surface area contributed by atoms with E-state index in [1.807, 2.05) is 6.07 Å². The largest absolute Gasteiger partial charge is 0.351 e. The van der Waals surface area contributed by atoms with E-state index in [1.165, 1.54) is 10.6 Å². The van der Waals surface area contributed by atoms with Crippen LogP contribution in [0.2, 0.25) is 0 Å². The lowest BCUT2D eigenvalue weighted by atomic mass is 10.1. The third-order valence-electron chi connectivity index (χ3n) is 5.84. The van der Waals surface area contributed by atoms with Crippen LogP contribution in [0.25, 0.3) is 11.0 Å². The fourth-order valence-electron chi connectivity index (χ4n) is 4.29. The average molecular weight is 417 g/mol. The minimum atomic E-state index is -3.17. The van der Waals surface area contributed by atoms with Crippen molar-refractivity contribution in [1.82, 2.24) is 18.8 Å².